The van der Waals surface area contributed by atoms with Crippen molar-refractivity contribution in [2.45, 2.75) is 40.6 Å². The topological polar surface area (TPSA) is 76.6 Å². The number of pyridine rings is 1. The third kappa shape index (κ3) is 5.91. The Morgan fingerprint density at radius 3 is 1.92 bits per heavy atom. The third-order valence-electron chi connectivity index (χ3n) is 8.20. The highest BCUT2D eigenvalue weighted by molar-refractivity contribution is 7.92. The van der Waals surface area contributed by atoms with Crippen molar-refractivity contribution in [2.75, 3.05) is 13.1 Å². The Kier molecular flexibility index (Phi) is 9.11. The van der Waals surface area contributed by atoms with Gasteiger partial charge in [0.05, 0.1) is 11.5 Å². The van der Waals surface area contributed by atoms with Crippen molar-refractivity contribution >= 4 is 15.7 Å². The smallest absolute Gasteiger partial charge is 0.349 e. The quantitative estimate of drug-likeness (QED) is 0.143. The molecule has 1 atom stereocenters. The summed E-state index contributed by atoms with van der Waals surface area (Å²) in [5.41, 5.74) is -7.98. The lowest BCUT2D eigenvalue weighted by Crippen LogP contribution is -2.56. The first kappa shape index (κ1) is 34.9. The zero-order valence-electron chi connectivity index (χ0n) is 24.3. The van der Waals surface area contributed by atoms with Crippen LogP contribution in [0.5, 0.6) is 0 Å². The van der Waals surface area contributed by atoms with Gasteiger partial charge in [-0.3, -0.25) is 9.78 Å². The highest BCUT2D eigenvalue weighted by atomic mass is 32.2. The maximum Gasteiger partial charge on any atom is 0.430 e. The Morgan fingerprint density at radius 2 is 1.38 bits per heavy atom. The van der Waals surface area contributed by atoms with Gasteiger partial charge in [-0.15, -0.1) is 0 Å². The van der Waals surface area contributed by atoms with Crippen molar-refractivity contribution in [1.82, 2.24) is 9.88 Å². The highest BCUT2D eigenvalue weighted by Crippen LogP contribution is 2.54. The van der Waals surface area contributed by atoms with E-state index in [-0.39, 0.29) is 24.1 Å². The lowest BCUT2D eigenvalue weighted by atomic mass is 9.88. The van der Waals surface area contributed by atoms with E-state index in [4.69, 9.17) is 0 Å². The molecule has 4 aromatic rings. The molecule has 5 rings (SSSR count). The molecule has 1 aliphatic heterocycles. The largest absolute Gasteiger partial charge is 0.430 e. The second kappa shape index (κ2) is 12.5. The van der Waals surface area contributed by atoms with Gasteiger partial charge < -0.3 is 9.64 Å². The number of nitrogens with zero attached hydrogens (tertiary/aromatic N) is 2. The van der Waals surface area contributed by atoms with Gasteiger partial charge in [-0.25, -0.2) is 21.6 Å². The van der Waals surface area contributed by atoms with E-state index in [2.05, 4.69) is 9.72 Å². The number of benzene rings is 3. The highest BCUT2D eigenvalue weighted by Gasteiger charge is 2.73. The van der Waals surface area contributed by atoms with Crippen molar-refractivity contribution in [3.63, 3.8) is 0 Å². The molecule has 0 saturated carbocycles. The first-order valence-corrected chi connectivity index (χ1v) is 15.4. The minimum absolute atomic E-state index is 0.138. The van der Waals surface area contributed by atoms with Gasteiger partial charge in [0.15, 0.2) is 9.84 Å². The number of carbonyl (C=O) groups excluding carboxylic acids is 1. The Morgan fingerprint density at radius 1 is 0.812 bits per heavy atom. The molecule has 0 bridgehead atoms. The van der Waals surface area contributed by atoms with E-state index < -0.39 is 85.1 Å². The van der Waals surface area contributed by atoms with Gasteiger partial charge in [-0.1, -0.05) is 30.3 Å². The Balaban J connectivity index is 1.62. The van der Waals surface area contributed by atoms with Gasteiger partial charge in [-0.2, -0.15) is 26.3 Å². The molecule has 1 aliphatic rings. The van der Waals surface area contributed by atoms with E-state index in [1.165, 1.54) is 24.5 Å². The average molecular weight is 703 g/mol. The molecule has 254 valence electrons. The third-order valence-corrected chi connectivity index (χ3v) is 10.7. The molecule has 1 amide bonds. The van der Waals surface area contributed by atoms with E-state index in [0.717, 1.165) is 47.4 Å². The summed E-state index contributed by atoms with van der Waals surface area (Å²) in [7, 11) is -4.61. The van der Waals surface area contributed by atoms with Crippen LogP contribution < -0.4 is 0 Å². The van der Waals surface area contributed by atoms with Crippen molar-refractivity contribution in [1.29, 1.82) is 0 Å². The fourth-order valence-electron chi connectivity index (χ4n) is 5.68. The molecule has 3 aromatic carbocycles. The minimum Gasteiger partial charge on any atom is -0.349 e. The van der Waals surface area contributed by atoms with E-state index in [0.29, 0.717) is 24.3 Å². The first-order chi connectivity index (χ1) is 22.4. The Bertz CT molecular complexity index is 1870. The molecule has 2 heterocycles. The van der Waals surface area contributed by atoms with Crippen LogP contribution in [-0.2, 0) is 31.5 Å². The monoisotopic (exact) mass is 702 g/mol. The number of rotatable bonds is 8. The number of likely N-dealkylation sites (tertiary alicyclic amines) is 1. The van der Waals surface area contributed by atoms with E-state index in [1.54, 1.807) is 0 Å². The number of carbonyl (C=O) groups is 1. The minimum atomic E-state index is -6.23. The summed E-state index contributed by atoms with van der Waals surface area (Å²) in [5, 5.41) is 0. The molecule has 0 N–H and O–H groups in total. The number of ether oxygens (including phenoxy) is 1. The molecular weight excluding hydrogens is 679 g/mol. The van der Waals surface area contributed by atoms with Crippen molar-refractivity contribution in [3.8, 4) is 0 Å². The second-order valence-electron chi connectivity index (χ2n) is 10.9. The fraction of sp³-hybridized carbons (Fsp3) is 0.250. The maximum atomic E-state index is 14.5. The van der Waals surface area contributed by atoms with Crippen LogP contribution in [0.1, 0.15) is 33.5 Å². The van der Waals surface area contributed by atoms with Crippen molar-refractivity contribution in [3.05, 3.63) is 131 Å². The van der Waals surface area contributed by atoms with Gasteiger partial charge in [0.25, 0.3) is 11.5 Å². The molecule has 16 heteroatoms. The van der Waals surface area contributed by atoms with Gasteiger partial charge in [0.2, 0.25) is 0 Å². The number of hydrogen-bond acceptors (Lipinski definition) is 5. The number of amides is 1. The standard InChI is InChI=1S/C32H23F9N2O4S/c33-23-8-10-24(11-9-23)48(45,46)29(14-17-43(19-29)28(44)20-12-15-42-16-13-20)21-4-6-22(7-5-21)30(31(36,37)38,32(39,40)41)47-18-25-26(34)2-1-3-27(25)35/h1-13,15-16H,14,17-19H2/t29-/m0/s1. The van der Waals surface area contributed by atoms with Crippen LogP contribution in [0.2, 0.25) is 0 Å². The summed E-state index contributed by atoms with van der Waals surface area (Å²) < 4.78 is 160. The van der Waals surface area contributed by atoms with Gasteiger partial charge in [-0.05, 0) is 60.5 Å². The Labute approximate surface area is 267 Å². The van der Waals surface area contributed by atoms with Crippen LogP contribution in [0.25, 0.3) is 0 Å². The number of sulfone groups is 1. The number of hydrogen-bond donors (Lipinski definition) is 0. The molecule has 48 heavy (non-hydrogen) atoms. The first-order valence-electron chi connectivity index (χ1n) is 14.0. The lowest BCUT2D eigenvalue weighted by molar-refractivity contribution is -0.392. The molecule has 1 fully saturated rings. The normalized spacial score (nSPS) is 17.5. The molecule has 1 saturated heterocycles. The molecule has 1 aromatic heterocycles. The van der Waals surface area contributed by atoms with Crippen LogP contribution in [-0.4, -0.2) is 49.7 Å². The van der Waals surface area contributed by atoms with E-state index in [1.807, 2.05) is 0 Å². The molecule has 0 spiro atoms. The average Bonchev–Trinajstić information content (AvgIpc) is 3.49. The van der Waals surface area contributed by atoms with Crippen LogP contribution in [0.15, 0.2) is 96.2 Å². The SMILES string of the molecule is O=C(c1ccncc1)N1CC[C@](c2ccc(C(OCc3c(F)cccc3F)(C(F)(F)F)C(F)(F)F)cc2)(S(=O)(=O)c2ccc(F)cc2)C1. The van der Waals surface area contributed by atoms with Crippen LogP contribution in [0, 0.1) is 17.5 Å². The maximum absolute atomic E-state index is 14.5. The molecule has 6 nitrogen and oxygen atoms in total. The summed E-state index contributed by atoms with van der Waals surface area (Å²) in [5.74, 6) is -4.28. The lowest BCUT2D eigenvalue weighted by Gasteiger charge is -2.38. The summed E-state index contributed by atoms with van der Waals surface area (Å²) in [4.78, 5) is 17.8. The summed E-state index contributed by atoms with van der Waals surface area (Å²) in [6.45, 7) is -2.52. The Hall–Kier alpha value is -4.44. The fourth-order valence-corrected chi connectivity index (χ4v) is 7.75. The zero-order chi connectivity index (χ0) is 35.1. The molecule has 0 unspecified atom stereocenters. The van der Waals surface area contributed by atoms with Crippen molar-refractivity contribution < 1.29 is 57.5 Å². The summed E-state index contributed by atoms with van der Waals surface area (Å²) >= 11 is 0. The second-order valence-corrected chi connectivity index (χ2v) is 13.2. The van der Waals surface area contributed by atoms with E-state index in [9.17, 15) is 52.7 Å². The molecule has 0 radical (unpaired) electrons. The zero-order valence-corrected chi connectivity index (χ0v) is 25.1. The predicted molar refractivity (Wildman–Crippen MR) is 151 cm³/mol. The summed E-state index contributed by atoms with van der Waals surface area (Å²) in [6, 6.07) is 10.7. The van der Waals surface area contributed by atoms with Gasteiger partial charge >= 0.3 is 12.4 Å². The number of halogens is 9. The molecular formula is C32H23F9N2O4S. The number of aromatic nitrogens is 1. The van der Waals surface area contributed by atoms with Crippen LogP contribution >= 0.6 is 0 Å². The number of alkyl halides is 6. The predicted octanol–water partition coefficient (Wildman–Crippen LogP) is 7.25. The van der Waals surface area contributed by atoms with Gasteiger partial charge in [0.1, 0.15) is 22.2 Å². The summed E-state index contributed by atoms with van der Waals surface area (Å²) in [6.07, 6.45) is -10.2. The molecule has 0 aliphatic carbocycles. The van der Waals surface area contributed by atoms with Crippen LogP contribution in [0.4, 0.5) is 39.5 Å². The van der Waals surface area contributed by atoms with E-state index >= 15 is 0 Å². The van der Waals surface area contributed by atoms with Gasteiger partial charge in [0, 0.05) is 42.2 Å². The van der Waals surface area contributed by atoms with Crippen LogP contribution in [0.3, 0.4) is 0 Å². The van der Waals surface area contributed by atoms with Crippen molar-refractivity contribution in [2.24, 2.45) is 0 Å².